The van der Waals surface area contributed by atoms with E-state index in [1.54, 1.807) is 19.1 Å². The number of nitrogens with one attached hydrogen (secondary N) is 1. The van der Waals surface area contributed by atoms with Crippen molar-refractivity contribution in [2.75, 3.05) is 12.4 Å². The van der Waals surface area contributed by atoms with Crippen LogP contribution >= 0.6 is 0 Å². The highest BCUT2D eigenvalue weighted by atomic mass is 16.5. The molecule has 1 N–H and O–H groups in total. The standard InChI is InChI=1S/C14H13NO5/c1-7-8(2)13(17)20-11-6-9(4-5-10(7)11)15-12(16)14(18)19-3/h4-6H,1-3H3,(H,15,16). The van der Waals surface area contributed by atoms with Gasteiger partial charge in [0, 0.05) is 22.7 Å². The zero-order valence-corrected chi connectivity index (χ0v) is 11.3. The number of anilines is 1. The van der Waals surface area contributed by atoms with Gasteiger partial charge in [0.15, 0.2) is 0 Å². The molecule has 2 rings (SSSR count). The van der Waals surface area contributed by atoms with E-state index in [0.717, 1.165) is 18.1 Å². The number of rotatable bonds is 1. The van der Waals surface area contributed by atoms with Crippen LogP contribution in [0.5, 0.6) is 0 Å². The number of carbonyl (C=O) groups excluding carboxylic acids is 2. The van der Waals surface area contributed by atoms with Crippen molar-refractivity contribution in [3.05, 3.63) is 39.7 Å². The van der Waals surface area contributed by atoms with Crippen molar-refractivity contribution in [1.82, 2.24) is 0 Å². The van der Waals surface area contributed by atoms with E-state index in [1.807, 2.05) is 6.92 Å². The number of benzene rings is 1. The molecular formula is C14H13NO5. The number of ether oxygens (including phenoxy) is 1. The van der Waals surface area contributed by atoms with Crippen molar-refractivity contribution < 1.29 is 18.7 Å². The van der Waals surface area contributed by atoms with Crippen LogP contribution in [-0.2, 0) is 14.3 Å². The predicted molar refractivity (Wildman–Crippen MR) is 72.6 cm³/mol. The summed E-state index contributed by atoms with van der Waals surface area (Å²) >= 11 is 0. The number of hydrogen-bond acceptors (Lipinski definition) is 5. The average molecular weight is 275 g/mol. The largest absolute Gasteiger partial charge is 0.462 e. The molecule has 0 bridgehead atoms. The molecule has 1 heterocycles. The van der Waals surface area contributed by atoms with E-state index < -0.39 is 17.5 Å². The van der Waals surface area contributed by atoms with E-state index in [0.29, 0.717) is 16.8 Å². The van der Waals surface area contributed by atoms with Crippen LogP contribution in [0.25, 0.3) is 11.0 Å². The molecule has 0 aliphatic carbocycles. The molecule has 2 aromatic rings. The second-order valence-electron chi connectivity index (χ2n) is 4.30. The number of methoxy groups -OCH3 is 1. The van der Waals surface area contributed by atoms with Crippen LogP contribution in [0.15, 0.2) is 27.4 Å². The third-order valence-corrected chi connectivity index (χ3v) is 3.09. The van der Waals surface area contributed by atoms with Gasteiger partial charge in [-0.05, 0) is 31.5 Å². The van der Waals surface area contributed by atoms with Crippen molar-refractivity contribution >= 4 is 28.5 Å². The normalized spacial score (nSPS) is 10.3. The van der Waals surface area contributed by atoms with Crippen molar-refractivity contribution in [3.8, 4) is 0 Å². The van der Waals surface area contributed by atoms with Crippen molar-refractivity contribution in [1.29, 1.82) is 0 Å². The Balaban J connectivity index is 2.45. The van der Waals surface area contributed by atoms with Gasteiger partial charge in [-0.1, -0.05) is 0 Å². The first kappa shape index (κ1) is 13.8. The molecule has 0 fully saturated rings. The number of carbonyl (C=O) groups is 2. The van der Waals surface area contributed by atoms with Gasteiger partial charge in [-0.15, -0.1) is 0 Å². The number of esters is 1. The Hall–Kier alpha value is -2.63. The van der Waals surface area contributed by atoms with Crippen LogP contribution in [0.3, 0.4) is 0 Å². The fourth-order valence-corrected chi connectivity index (χ4v) is 1.80. The van der Waals surface area contributed by atoms with Crippen LogP contribution in [0.2, 0.25) is 0 Å². The van der Waals surface area contributed by atoms with E-state index in [2.05, 4.69) is 10.1 Å². The van der Waals surface area contributed by atoms with E-state index in [9.17, 15) is 14.4 Å². The smallest absolute Gasteiger partial charge is 0.396 e. The molecule has 0 saturated carbocycles. The molecule has 0 aliphatic rings. The average Bonchev–Trinajstić information content (AvgIpc) is 2.43. The molecule has 0 atom stereocenters. The predicted octanol–water partition coefficient (Wildman–Crippen LogP) is 1.52. The fraction of sp³-hybridized carbons (Fsp3) is 0.214. The SMILES string of the molecule is COC(=O)C(=O)Nc1ccc2c(C)c(C)c(=O)oc2c1. The Morgan fingerprint density at radius 1 is 1.20 bits per heavy atom. The van der Waals surface area contributed by atoms with Gasteiger partial charge in [0.05, 0.1) is 7.11 Å². The summed E-state index contributed by atoms with van der Waals surface area (Å²) in [5.41, 5.74) is 1.64. The molecule has 6 heteroatoms. The molecule has 104 valence electrons. The minimum absolute atomic E-state index is 0.347. The van der Waals surface area contributed by atoms with Gasteiger partial charge in [0.1, 0.15) is 5.58 Å². The monoisotopic (exact) mass is 275 g/mol. The van der Waals surface area contributed by atoms with E-state index in [4.69, 9.17) is 4.42 Å². The second kappa shape index (κ2) is 5.16. The minimum Gasteiger partial charge on any atom is -0.462 e. The fourth-order valence-electron chi connectivity index (χ4n) is 1.80. The van der Waals surface area contributed by atoms with Crippen LogP contribution in [0.1, 0.15) is 11.1 Å². The van der Waals surface area contributed by atoms with E-state index >= 15 is 0 Å². The molecule has 20 heavy (non-hydrogen) atoms. The highest BCUT2D eigenvalue weighted by molar-refractivity contribution is 6.37. The number of aryl methyl sites for hydroxylation is 1. The highest BCUT2D eigenvalue weighted by Gasteiger charge is 2.14. The molecule has 0 unspecified atom stereocenters. The molecule has 1 aromatic heterocycles. The molecule has 0 spiro atoms. The molecule has 0 radical (unpaired) electrons. The Labute approximate surface area is 114 Å². The number of amides is 1. The van der Waals surface area contributed by atoms with Gasteiger partial charge in [0.2, 0.25) is 0 Å². The van der Waals surface area contributed by atoms with Crippen molar-refractivity contribution in [2.24, 2.45) is 0 Å². The maximum absolute atomic E-state index is 11.6. The van der Waals surface area contributed by atoms with Gasteiger partial charge in [0.25, 0.3) is 0 Å². The van der Waals surface area contributed by atoms with E-state index in [1.165, 1.54) is 6.07 Å². The lowest BCUT2D eigenvalue weighted by molar-refractivity contribution is -0.150. The molecule has 6 nitrogen and oxygen atoms in total. The third kappa shape index (κ3) is 2.40. The second-order valence-corrected chi connectivity index (χ2v) is 4.30. The van der Waals surface area contributed by atoms with E-state index in [-0.39, 0.29) is 0 Å². The topological polar surface area (TPSA) is 85.6 Å². The molecule has 1 aromatic carbocycles. The Kier molecular flexibility index (Phi) is 3.56. The summed E-state index contributed by atoms with van der Waals surface area (Å²) < 4.78 is 9.46. The lowest BCUT2D eigenvalue weighted by Crippen LogP contribution is -2.23. The first-order valence-corrected chi connectivity index (χ1v) is 5.87. The summed E-state index contributed by atoms with van der Waals surface area (Å²) in [6, 6.07) is 4.83. The number of fused-ring (bicyclic) bond motifs is 1. The van der Waals surface area contributed by atoms with Crippen molar-refractivity contribution in [2.45, 2.75) is 13.8 Å². The summed E-state index contributed by atoms with van der Waals surface area (Å²) in [5, 5.41) is 3.14. The van der Waals surface area contributed by atoms with Crippen LogP contribution in [0.4, 0.5) is 5.69 Å². The highest BCUT2D eigenvalue weighted by Crippen LogP contribution is 2.22. The zero-order valence-electron chi connectivity index (χ0n) is 11.3. The van der Waals surface area contributed by atoms with Gasteiger partial charge in [-0.25, -0.2) is 9.59 Å². The van der Waals surface area contributed by atoms with Crippen LogP contribution in [-0.4, -0.2) is 19.0 Å². The molecular weight excluding hydrogens is 262 g/mol. The quantitative estimate of drug-likeness (QED) is 0.484. The number of hydrogen-bond donors (Lipinski definition) is 1. The van der Waals surface area contributed by atoms with Crippen molar-refractivity contribution in [3.63, 3.8) is 0 Å². The summed E-state index contributed by atoms with van der Waals surface area (Å²) in [6.07, 6.45) is 0. The molecule has 0 aliphatic heterocycles. The molecule has 1 amide bonds. The van der Waals surface area contributed by atoms with Gasteiger partial charge >= 0.3 is 17.5 Å². The Morgan fingerprint density at radius 3 is 2.55 bits per heavy atom. The van der Waals surface area contributed by atoms with Gasteiger partial charge in [-0.3, -0.25) is 4.79 Å². The lowest BCUT2D eigenvalue weighted by Gasteiger charge is -2.07. The minimum atomic E-state index is -0.994. The maximum Gasteiger partial charge on any atom is 0.396 e. The van der Waals surface area contributed by atoms with Gasteiger partial charge < -0.3 is 14.5 Å². The Bertz CT molecular complexity index is 760. The summed E-state index contributed by atoms with van der Waals surface area (Å²) in [7, 11) is 1.12. The lowest BCUT2D eigenvalue weighted by atomic mass is 10.1. The molecule has 0 saturated heterocycles. The summed E-state index contributed by atoms with van der Waals surface area (Å²) in [4.78, 5) is 34.0. The van der Waals surface area contributed by atoms with Crippen LogP contribution < -0.4 is 10.9 Å². The first-order chi connectivity index (χ1) is 9.43. The first-order valence-electron chi connectivity index (χ1n) is 5.87. The summed E-state index contributed by atoms with van der Waals surface area (Å²) in [6.45, 7) is 3.51. The third-order valence-electron chi connectivity index (χ3n) is 3.09. The Morgan fingerprint density at radius 2 is 1.90 bits per heavy atom. The zero-order chi connectivity index (χ0) is 14.9. The van der Waals surface area contributed by atoms with Crippen LogP contribution in [0, 0.1) is 13.8 Å². The van der Waals surface area contributed by atoms with Gasteiger partial charge in [-0.2, -0.15) is 0 Å². The summed E-state index contributed by atoms with van der Waals surface area (Å²) in [5.74, 6) is -1.88. The maximum atomic E-state index is 11.6.